The molecule has 0 aliphatic carbocycles. The lowest BCUT2D eigenvalue weighted by atomic mass is 9.96. The largest absolute Gasteiger partial charge is 0.417 e. The van der Waals surface area contributed by atoms with Gasteiger partial charge in [0.1, 0.15) is 5.78 Å². The first-order valence-electron chi connectivity index (χ1n) is 4.88. The molecule has 0 radical (unpaired) electrons. The van der Waals surface area contributed by atoms with E-state index in [-0.39, 0.29) is 0 Å². The van der Waals surface area contributed by atoms with Crippen LogP contribution in [0.2, 0.25) is 0 Å². The van der Waals surface area contributed by atoms with Gasteiger partial charge >= 0.3 is 12.4 Å². The summed E-state index contributed by atoms with van der Waals surface area (Å²) in [5, 5.41) is 0. The van der Waals surface area contributed by atoms with Crippen molar-refractivity contribution in [3.05, 3.63) is 34.9 Å². The summed E-state index contributed by atoms with van der Waals surface area (Å²) in [4.78, 5) is 9.65. The Bertz CT molecular complexity index is 491. The summed E-state index contributed by atoms with van der Waals surface area (Å²) in [6, 6.07) is 2.02. The SMILES string of the molecule is CC(=O)C(Br)c1cccc(C(F)(F)F)c1C(F)(F)F. The van der Waals surface area contributed by atoms with Gasteiger partial charge in [-0.1, -0.05) is 28.1 Å². The van der Waals surface area contributed by atoms with Crippen molar-refractivity contribution in [3.8, 4) is 0 Å². The molecule has 0 aliphatic rings. The fourth-order valence-electron chi connectivity index (χ4n) is 1.55. The number of carbonyl (C=O) groups is 1. The highest BCUT2D eigenvalue weighted by Gasteiger charge is 2.45. The molecule has 0 aromatic heterocycles. The molecule has 1 aromatic rings. The molecule has 106 valence electrons. The van der Waals surface area contributed by atoms with Gasteiger partial charge in [-0.15, -0.1) is 0 Å². The number of carbonyl (C=O) groups excluding carboxylic acids is 1. The van der Waals surface area contributed by atoms with Gasteiger partial charge in [0.05, 0.1) is 16.0 Å². The van der Waals surface area contributed by atoms with Gasteiger partial charge in [-0.3, -0.25) is 4.79 Å². The van der Waals surface area contributed by atoms with Gasteiger partial charge in [-0.2, -0.15) is 26.3 Å². The van der Waals surface area contributed by atoms with Crippen molar-refractivity contribution in [3.63, 3.8) is 0 Å². The number of halogens is 7. The molecular weight excluding hydrogens is 342 g/mol. The van der Waals surface area contributed by atoms with Crippen LogP contribution in [0.15, 0.2) is 18.2 Å². The van der Waals surface area contributed by atoms with Crippen molar-refractivity contribution in [1.82, 2.24) is 0 Å². The van der Waals surface area contributed by atoms with Crippen molar-refractivity contribution in [2.24, 2.45) is 0 Å². The average Bonchev–Trinajstić information content (AvgIpc) is 2.24. The van der Waals surface area contributed by atoms with Crippen LogP contribution < -0.4 is 0 Å². The van der Waals surface area contributed by atoms with Crippen LogP contribution in [0.3, 0.4) is 0 Å². The molecule has 0 saturated carbocycles. The molecule has 1 unspecified atom stereocenters. The van der Waals surface area contributed by atoms with Gasteiger partial charge < -0.3 is 0 Å². The first-order chi connectivity index (χ1) is 8.46. The molecule has 0 aliphatic heterocycles. The monoisotopic (exact) mass is 348 g/mol. The van der Waals surface area contributed by atoms with Gasteiger partial charge in [0.15, 0.2) is 0 Å². The Labute approximate surface area is 112 Å². The number of benzene rings is 1. The summed E-state index contributed by atoms with van der Waals surface area (Å²) in [5.41, 5.74) is -4.38. The van der Waals surface area contributed by atoms with Gasteiger partial charge in [0.25, 0.3) is 0 Å². The van der Waals surface area contributed by atoms with Gasteiger partial charge in [-0.25, -0.2) is 0 Å². The lowest BCUT2D eigenvalue weighted by Crippen LogP contribution is -2.20. The second-order valence-electron chi connectivity index (χ2n) is 3.74. The summed E-state index contributed by atoms with van der Waals surface area (Å²) >= 11 is 2.68. The standard InChI is InChI=1S/C11H7BrF6O/c1-5(19)9(12)6-3-2-4-7(10(13,14)15)8(6)11(16,17)18/h2-4,9H,1H3. The smallest absolute Gasteiger partial charge is 0.298 e. The highest BCUT2D eigenvalue weighted by Crippen LogP contribution is 2.44. The molecule has 0 heterocycles. The maximum atomic E-state index is 12.8. The summed E-state index contributed by atoms with van der Waals surface area (Å²) in [5.74, 6) is -0.718. The zero-order valence-corrected chi connectivity index (χ0v) is 10.9. The third kappa shape index (κ3) is 3.49. The first kappa shape index (κ1) is 16.0. The third-order valence-corrected chi connectivity index (χ3v) is 3.45. The predicted molar refractivity (Wildman–Crippen MR) is 58.8 cm³/mol. The van der Waals surface area contributed by atoms with E-state index in [1.54, 1.807) is 0 Å². The second-order valence-corrected chi connectivity index (χ2v) is 4.65. The zero-order chi connectivity index (χ0) is 15.0. The minimum absolute atomic E-state index is 0.339. The Morgan fingerprint density at radius 1 is 1.11 bits per heavy atom. The van der Waals surface area contributed by atoms with Gasteiger partial charge in [-0.05, 0) is 18.6 Å². The van der Waals surface area contributed by atoms with Gasteiger partial charge in [0, 0.05) is 0 Å². The highest BCUT2D eigenvalue weighted by molar-refractivity contribution is 9.09. The topological polar surface area (TPSA) is 17.1 Å². The average molecular weight is 349 g/mol. The summed E-state index contributed by atoms with van der Waals surface area (Å²) in [6.45, 7) is 0.986. The van der Waals surface area contributed by atoms with Crippen molar-refractivity contribution in [2.75, 3.05) is 0 Å². The lowest BCUT2D eigenvalue weighted by Gasteiger charge is -2.20. The van der Waals surface area contributed by atoms with Crippen molar-refractivity contribution in [1.29, 1.82) is 0 Å². The fraction of sp³-hybridized carbons (Fsp3) is 0.364. The van der Waals surface area contributed by atoms with E-state index in [2.05, 4.69) is 15.9 Å². The van der Waals surface area contributed by atoms with Crippen LogP contribution >= 0.6 is 15.9 Å². The van der Waals surface area contributed by atoms with E-state index in [1.165, 1.54) is 0 Å². The van der Waals surface area contributed by atoms with Crippen LogP contribution in [0.25, 0.3) is 0 Å². The Hall–Kier alpha value is -1.05. The fourth-order valence-corrected chi connectivity index (χ4v) is 1.93. The predicted octanol–water partition coefficient (Wildman–Crippen LogP) is 4.75. The number of rotatable bonds is 2. The van der Waals surface area contributed by atoms with E-state index in [1.807, 2.05) is 0 Å². The number of Topliss-reactive ketones (excluding diaryl/α,β-unsaturated/α-hetero) is 1. The summed E-state index contributed by atoms with van der Waals surface area (Å²) < 4.78 is 76.4. The molecule has 0 saturated heterocycles. The highest BCUT2D eigenvalue weighted by atomic mass is 79.9. The molecule has 0 spiro atoms. The number of alkyl halides is 7. The second kappa shape index (κ2) is 5.15. The van der Waals surface area contributed by atoms with E-state index in [4.69, 9.17) is 0 Å². The van der Waals surface area contributed by atoms with Crippen LogP contribution in [0, 0.1) is 0 Å². The van der Waals surface area contributed by atoms with E-state index < -0.39 is 39.7 Å². The Morgan fingerprint density at radius 3 is 2.00 bits per heavy atom. The molecule has 1 atom stereocenters. The van der Waals surface area contributed by atoms with E-state index in [0.717, 1.165) is 19.1 Å². The van der Waals surface area contributed by atoms with Crippen LogP contribution in [0.1, 0.15) is 28.4 Å². The third-order valence-electron chi connectivity index (χ3n) is 2.32. The summed E-state index contributed by atoms with van der Waals surface area (Å²) in [7, 11) is 0. The van der Waals surface area contributed by atoms with Crippen molar-refractivity contribution >= 4 is 21.7 Å². The minimum atomic E-state index is -5.21. The Balaban J connectivity index is 3.62. The first-order valence-corrected chi connectivity index (χ1v) is 5.79. The zero-order valence-electron chi connectivity index (χ0n) is 9.36. The van der Waals surface area contributed by atoms with Crippen LogP contribution in [0.5, 0.6) is 0 Å². The molecule has 1 rings (SSSR count). The quantitative estimate of drug-likeness (QED) is 0.556. The van der Waals surface area contributed by atoms with Crippen LogP contribution in [-0.4, -0.2) is 5.78 Å². The molecule has 0 amide bonds. The molecule has 1 nitrogen and oxygen atoms in total. The van der Waals surface area contributed by atoms with E-state index >= 15 is 0 Å². The van der Waals surface area contributed by atoms with E-state index in [0.29, 0.717) is 6.07 Å². The molecule has 0 bridgehead atoms. The minimum Gasteiger partial charge on any atom is -0.298 e. The molecular formula is C11H7BrF6O. The number of ketones is 1. The molecule has 8 heteroatoms. The van der Waals surface area contributed by atoms with E-state index in [9.17, 15) is 31.1 Å². The van der Waals surface area contributed by atoms with Crippen LogP contribution in [0.4, 0.5) is 26.3 Å². The number of hydrogen-bond donors (Lipinski definition) is 0. The lowest BCUT2D eigenvalue weighted by molar-refractivity contribution is -0.162. The molecule has 19 heavy (non-hydrogen) atoms. The maximum absolute atomic E-state index is 12.8. The summed E-state index contributed by atoms with van der Waals surface area (Å²) in [6.07, 6.45) is -10.4. The Kier molecular flexibility index (Phi) is 4.33. The molecule has 1 aromatic carbocycles. The van der Waals surface area contributed by atoms with Gasteiger partial charge in [0.2, 0.25) is 0 Å². The molecule has 0 fully saturated rings. The molecule has 0 N–H and O–H groups in total. The maximum Gasteiger partial charge on any atom is 0.417 e. The van der Waals surface area contributed by atoms with Crippen molar-refractivity contribution in [2.45, 2.75) is 24.1 Å². The van der Waals surface area contributed by atoms with Crippen LogP contribution in [-0.2, 0) is 17.1 Å². The van der Waals surface area contributed by atoms with Crippen molar-refractivity contribution < 1.29 is 31.1 Å². The number of hydrogen-bond acceptors (Lipinski definition) is 1. The Morgan fingerprint density at radius 2 is 1.63 bits per heavy atom. The normalized spacial score (nSPS) is 14.3.